The van der Waals surface area contributed by atoms with Crippen molar-refractivity contribution in [1.82, 2.24) is 0 Å². The molecule has 1 rings (SSSR count). The first kappa shape index (κ1) is 14.6. The van der Waals surface area contributed by atoms with Crippen molar-refractivity contribution in [2.24, 2.45) is 0 Å². The van der Waals surface area contributed by atoms with Gasteiger partial charge < -0.3 is 0 Å². The molecule has 0 aromatic heterocycles. The average molecular weight is 295 g/mol. The summed E-state index contributed by atoms with van der Waals surface area (Å²) in [5.41, 5.74) is 0.599. The molecule has 0 spiro atoms. The van der Waals surface area contributed by atoms with Crippen LogP contribution in [-0.2, 0) is 23.4 Å². The van der Waals surface area contributed by atoms with Gasteiger partial charge in [0.05, 0.1) is 0 Å². The first-order chi connectivity index (χ1) is 8.03. The van der Waals surface area contributed by atoms with Crippen LogP contribution in [0.25, 0.3) is 0 Å². The summed E-state index contributed by atoms with van der Waals surface area (Å²) in [4.78, 5) is 0.736. The van der Waals surface area contributed by atoms with E-state index in [1.807, 2.05) is 0 Å². The molecule has 0 saturated carbocycles. The molecule has 0 N–H and O–H groups in total. The highest BCUT2D eigenvalue weighted by atomic mass is 32.2. The van der Waals surface area contributed by atoms with Crippen molar-refractivity contribution >= 4 is 30.6 Å². The van der Waals surface area contributed by atoms with Crippen LogP contribution in [-0.4, -0.2) is 21.5 Å². The van der Waals surface area contributed by atoms with Gasteiger partial charge in [0, 0.05) is 4.90 Å². The topological polar surface area (TPSA) is 69.7 Å². The van der Waals surface area contributed by atoms with Crippen LogP contribution in [0.5, 0.6) is 0 Å². The second kappa shape index (κ2) is 6.47. The number of rotatable bonds is 6. The summed E-state index contributed by atoms with van der Waals surface area (Å²) < 4.78 is 42.8. The van der Waals surface area contributed by atoms with Gasteiger partial charge in [0.15, 0.2) is 0 Å². The van der Waals surface area contributed by atoms with Gasteiger partial charge in [-0.1, -0.05) is 12.1 Å². The number of aryl methyl sites for hydroxylation is 1. The monoisotopic (exact) mass is 295 g/mol. The third-order valence-corrected chi connectivity index (χ3v) is 4.56. The molecule has 0 aliphatic rings. The first-order valence-electron chi connectivity index (χ1n) is 4.55. The van der Waals surface area contributed by atoms with Crippen LogP contribution in [0.15, 0.2) is 28.0 Å². The van der Waals surface area contributed by atoms with E-state index < -0.39 is 25.6 Å². The van der Waals surface area contributed by atoms with Crippen molar-refractivity contribution < 1.29 is 21.7 Å². The Bertz CT molecular complexity index is 500. The van der Waals surface area contributed by atoms with Crippen LogP contribution in [0.2, 0.25) is 0 Å². The van der Waals surface area contributed by atoms with E-state index >= 15 is 0 Å². The van der Waals surface area contributed by atoms with Crippen molar-refractivity contribution in [3.05, 3.63) is 23.8 Å². The number of thioether (sulfide) groups is 1. The van der Waals surface area contributed by atoms with Gasteiger partial charge in [-0.3, -0.25) is 0 Å². The van der Waals surface area contributed by atoms with Crippen LogP contribution in [0.1, 0.15) is 5.56 Å². The summed E-state index contributed by atoms with van der Waals surface area (Å²) in [6.07, 6.45) is 1.78. The Balaban J connectivity index is 3.09. The van der Waals surface area contributed by atoms with Crippen LogP contribution in [0, 0.1) is 6.92 Å². The highest BCUT2D eigenvalue weighted by molar-refractivity contribution is 7.99. The Kier molecular flexibility index (Phi) is 5.55. The zero-order valence-corrected chi connectivity index (χ0v) is 11.9. The highest BCUT2D eigenvalue weighted by Gasteiger charge is 2.22. The molecular formula is C9H12O5PS2+. The fourth-order valence-electron chi connectivity index (χ4n) is 1.28. The minimum absolute atomic E-state index is 0.130. The molecule has 8 heteroatoms. The first-order valence-corrected chi connectivity index (χ1v) is 8.00. The van der Waals surface area contributed by atoms with E-state index in [1.165, 1.54) is 11.8 Å². The Morgan fingerprint density at radius 1 is 1.41 bits per heavy atom. The molecule has 0 amide bonds. The van der Waals surface area contributed by atoms with E-state index in [0.717, 1.165) is 0 Å². The van der Waals surface area contributed by atoms with Crippen LogP contribution in [0.3, 0.4) is 0 Å². The van der Waals surface area contributed by atoms with Gasteiger partial charge in [0.25, 0.3) is 0 Å². The fourth-order valence-corrected chi connectivity index (χ4v) is 3.66. The summed E-state index contributed by atoms with van der Waals surface area (Å²) in [7, 11) is -4.93. The second-order valence-electron chi connectivity index (χ2n) is 3.02. The minimum Gasteiger partial charge on any atom is -0.232 e. The Labute approximate surface area is 106 Å². The molecule has 1 aromatic rings. The lowest BCUT2D eigenvalue weighted by Crippen LogP contribution is -2.10. The van der Waals surface area contributed by atoms with E-state index in [1.54, 1.807) is 31.4 Å². The zero-order valence-electron chi connectivity index (χ0n) is 9.30. The second-order valence-corrected chi connectivity index (χ2v) is 5.88. The quantitative estimate of drug-likeness (QED) is 0.264. The molecule has 0 saturated heterocycles. The molecule has 0 aliphatic heterocycles. The highest BCUT2D eigenvalue weighted by Crippen LogP contribution is 2.29. The number of hydrogen-bond donors (Lipinski definition) is 0. The van der Waals surface area contributed by atoms with E-state index in [-0.39, 0.29) is 4.90 Å². The number of benzene rings is 1. The largest absolute Gasteiger partial charge is 0.496 e. The van der Waals surface area contributed by atoms with Gasteiger partial charge in [-0.05, 0) is 29.4 Å². The van der Waals surface area contributed by atoms with Gasteiger partial charge in [-0.15, -0.1) is 16.3 Å². The molecule has 94 valence electrons. The summed E-state index contributed by atoms with van der Waals surface area (Å²) in [5.74, 6) is 0. The molecule has 5 nitrogen and oxygen atoms in total. The molecule has 1 unspecified atom stereocenters. The molecule has 0 aliphatic carbocycles. The summed E-state index contributed by atoms with van der Waals surface area (Å²) in [6, 6.07) is 5.16. The van der Waals surface area contributed by atoms with Crippen molar-refractivity contribution in [2.75, 3.05) is 13.0 Å². The predicted octanol–water partition coefficient (Wildman–Crippen LogP) is 2.34. The minimum atomic E-state index is -3.89. The van der Waals surface area contributed by atoms with Crippen LogP contribution >= 0.6 is 20.4 Å². The molecule has 1 atom stereocenters. The molecule has 1 aromatic carbocycles. The van der Waals surface area contributed by atoms with Crippen molar-refractivity contribution in [1.29, 1.82) is 0 Å². The molecule has 17 heavy (non-hydrogen) atoms. The maximum Gasteiger partial charge on any atom is 0.496 e. The average Bonchev–Trinajstić information content (AvgIpc) is 2.28. The lowest BCUT2D eigenvalue weighted by atomic mass is 10.2. The Morgan fingerprint density at radius 2 is 2.12 bits per heavy atom. The van der Waals surface area contributed by atoms with Crippen molar-refractivity contribution in [3.63, 3.8) is 0 Å². The fraction of sp³-hybridized carbons (Fsp3) is 0.333. The normalized spacial score (nSPS) is 11.9. The number of hydrogen-bond acceptors (Lipinski definition) is 6. The van der Waals surface area contributed by atoms with Gasteiger partial charge in [-0.2, -0.15) is 8.42 Å². The molecule has 0 fully saturated rings. The molecule has 0 bridgehead atoms. The van der Waals surface area contributed by atoms with E-state index in [4.69, 9.17) is 0 Å². The zero-order chi connectivity index (χ0) is 12.9. The van der Waals surface area contributed by atoms with Gasteiger partial charge >= 0.3 is 18.8 Å². The van der Waals surface area contributed by atoms with Gasteiger partial charge in [-0.25, -0.2) is 4.18 Å². The summed E-state index contributed by atoms with van der Waals surface area (Å²) in [5, 5.41) is 0. The van der Waals surface area contributed by atoms with E-state index in [9.17, 15) is 13.0 Å². The molecular weight excluding hydrogens is 283 g/mol. The molecule has 0 heterocycles. The lowest BCUT2D eigenvalue weighted by Gasteiger charge is -2.10. The maximum absolute atomic E-state index is 11.9. The third kappa shape index (κ3) is 3.76. The lowest BCUT2D eigenvalue weighted by molar-refractivity contribution is 0.139. The van der Waals surface area contributed by atoms with Crippen LogP contribution < -0.4 is 0 Å². The van der Waals surface area contributed by atoms with E-state index in [0.29, 0.717) is 10.5 Å². The third-order valence-electron chi connectivity index (χ3n) is 1.97. The van der Waals surface area contributed by atoms with Crippen LogP contribution in [0.4, 0.5) is 0 Å². The standard InChI is InChI=1S/C9H12O5PS2/c1-7-4-3-5-8(16-2)9(7)17(11,12)14-6-13-15-10/h3-5,15H,6H2,1-2H3/q+1. The predicted molar refractivity (Wildman–Crippen MR) is 66.2 cm³/mol. The Hall–Kier alpha value is -0.460. The Morgan fingerprint density at radius 3 is 2.71 bits per heavy atom. The smallest absolute Gasteiger partial charge is 0.232 e. The van der Waals surface area contributed by atoms with Crippen molar-refractivity contribution in [3.8, 4) is 0 Å². The van der Waals surface area contributed by atoms with Gasteiger partial charge in [0.1, 0.15) is 4.90 Å². The summed E-state index contributed by atoms with van der Waals surface area (Å²) >= 11 is 1.32. The SMILES string of the molecule is CSc1cccc(C)c1S(=O)(=O)OCO[PH+]=O. The van der Waals surface area contributed by atoms with Crippen molar-refractivity contribution in [2.45, 2.75) is 16.7 Å². The summed E-state index contributed by atoms with van der Waals surface area (Å²) in [6.45, 7) is 1.14. The maximum atomic E-state index is 11.9. The van der Waals surface area contributed by atoms with E-state index in [2.05, 4.69) is 8.71 Å². The molecule has 0 radical (unpaired) electrons. The van der Waals surface area contributed by atoms with Gasteiger partial charge in [0.2, 0.25) is 6.79 Å².